The summed E-state index contributed by atoms with van der Waals surface area (Å²) >= 11 is 3.61. The third-order valence-corrected chi connectivity index (χ3v) is 13.7. The van der Waals surface area contributed by atoms with Gasteiger partial charge in [0.25, 0.3) is 0 Å². The minimum atomic E-state index is -0.824. The second-order valence-corrected chi connectivity index (χ2v) is 16.3. The van der Waals surface area contributed by atoms with Crippen molar-refractivity contribution in [2.24, 2.45) is 0 Å². The summed E-state index contributed by atoms with van der Waals surface area (Å²) in [6.45, 7) is 11.4. The molecule has 0 saturated carbocycles. The Kier molecular flexibility index (Phi) is 9.26. The monoisotopic (exact) mass is 740 g/mol. The number of benzene rings is 5. The van der Waals surface area contributed by atoms with Gasteiger partial charge in [0, 0.05) is 74.8 Å². The molecule has 1 aliphatic carbocycles. The summed E-state index contributed by atoms with van der Waals surface area (Å²) in [5, 5.41) is 2.45. The average molecular weight is 741 g/mol. The fraction of sp³-hybridized carbons (Fsp3) is 0.348. The van der Waals surface area contributed by atoms with E-state index in [9.17, 15) is 0 Å². The Balaban J connectivity index is 1.26. The van der Waals surface area contributed by atoms with Crippen LogP contribution in [0.1, 0.15) is 54.5 Å². The lowest BCUT2D eigenvalue weighted by molar-refractivity contribution is 0.122. The molecule has 272 valence electrons. The van der Waals surface area contributed by atoms with Crippen LogP contribution in [0.15, 0.2) is 101 Å². The van der Waals surface area contributed by atoms with Crippen LogP contribution < -0.4 is 14.5 Å². The molecule has 3 aliphatic heterocycles. The number of hydrogen-bond acceptors (Lipinski definition) is 7. The largest absolute Gasteiger partial charge is 0.472 e. The Morgan fingerprint density at radius 2 is 1.19 bits per heavy atom. The number of morpholine rings is 2. The number of fused-ring (bicyclic) bond motifs is 8. The van der Waals surface area contributed by atoms with Crippen LogP contribution in [-0.4, -0.2) is 65.1 Å². The molecule has 4 aliphatic rings. The van der Waals surface area contributed by atoms with Crippen molar-refractivity contribution in [1.29, 1.82) is 0 Å². The second-order valence-electron chi connectivity index (χ2n) is 14.6. The first-order chi connectivity index (χ1) is 26.0. The van der Waals surface area contributed by atoms with E-state index in [-0.39, 0.29) is 5.41 Å². The highest BCUT2D eigenvalue weighted by molar-refractivity contribution is 7.98. The lowest BCUT2D eigenvalue weighted by atomic mass is 9.71. The van der Waals surface area contributed by atoms with Gasteiger partial charge in [-0.1, -0.05) is 56.3 Å². The molecule has 0 bridgehead atoms. The van der Waals surface area contributed by atoms with Crippen molar-refractivity contribution >= 4 is 51.7 Å². The van der Waals surface area contributed by atoms with Gasteiger partial charge in [-0.25, -0.2) is 0 Å². The topological polar surface area (TPSA) is 34.2 Å². The van der Waals surface area contributed by atoms with E-state index in [4.69, 9.17) is 14.2 Å². The van der Waals surface area contributed by atoms with E-state index in [0.717, 1.165) is 82.3 Å². The van der Waals surface area contributed by atoms with Crippen LogP contribution in [-0.2, 0) is 20.5 Å². The lowest BCUT2D eigenvalue weighted by Gasteiger charge is -2.40. The molecular formula is C46H48N2O3S2. The molecule has 5 aromatic rings. The zero-order valence-corrected chi connectivity index (χ0v) is 32.9. The van der Waals surface area contributed by atoms with Crippen LogP contribution in [0, 0.1) is 0 Å². The number of rotatable bonds is 8. The van der Waals surface area contributed by atoms with Crippen molar-refractivity contribution in [3.05, 3.63) is 119 Å². The third kappa shape index (κ3) is 5.61. The maximum absolute atomic E-state index is 7.76. The summed E-state index contributed by atoms with van der Waals surface area (Å²) in [4.78, 5) is 7.39. The Bertz CT molecular complexity index is 2120. The molecule has 2 fully saturated rings. The molecule has 0 aromatic heterocycles. The zero-order valence-electron chi connectivity index (χ0n) is 31.2. The van der Waals surface area contributed by atoms with Gasteiger partial charge >= 0.3 is 0 Å². The van der Waals surface area contributed by atoms with E-state index in [1.54, 1.807) is 11.8 Å². The number of ether oxygens (including phenoxy) is 3. The molecule has 2 saturated heterocycles. The normalized spacial score (nSPS) is 18.4. The van der Waals surface area contributed by atoms with Gasteiger partial charge in [-0.15, -0.1) is 23.5 Å². The van der Waals surface area contributed by atoms with E-state index in [1.165, 1.54) is 59.8 Å². The minimum Gasteiger partial charge on any atom is -0.472 e. The van der Waals surface area contributed by atoms with Crippen molar-refractivity contribution in [1.82, 2.24) is 0 Å². The summed E-state index contributed by atoms with van der Waals surface area (Å²) in [6.07, 6.45) is 11.1. The molecule has 0 amide bonds. The maximum Gasteiger partial charge on any atom is 0.178 e. The molecule has 9 rings (SSSR count). The average Bonchev–Trinajstić information content (AvgIpc) is 3.54. The molecule has 3 heterocycles. The van der Waals surface area contributed by atoms with E-state index < -0.39 is 5.60 Å². The van der Waals surface area contributed by atoms with Crippen molar-refractivity contribution in [3.63, 3.8) is 0 Å². The minimum absolute atomic E-state index is 0.111. The van der Waals surface area contributed by atoms with Crippen LogP contribution in [0.4, 0.5) is 11.4 Å². The van der Waals surface area contributed by atoms with Crippen molar-refractivity contribution < 1.29 is 14.2 Å². The Morgan fingerprint density at radius 3 is 1.74 bits per heavy atom. The Morgan fingerprint density at radius 1 is 0.642 bits per heavy atom. The third-order valence-electron chi connectivity index (χ3n) is 12.3. The predicted octanol–water partition coefficient (Wildman–Crippen LogP) is 10.4. The molecule has 5 aromatic carbocycles. The highest BCUT2D eigenvalue weighted by atomic mass is 32.2. The zero-order chi connectivity index (χ0) is 36.2. The molecule has 0 N–H and O–H groups in total. The fourth-order valence-corrected chi connectivity index (χ4v) is 10.2. The molecule has 5 nitrogen and oxygen atoms in total. The van der Waals surface area contributed by atoms with E-state index >= 15 is 0 Å². The molecule has 0 spiro atoms. The first kappa shape index (κ1) is 34.9. The fourth-order valence-electron chi connectivity index (χ4n) is 9.37. The Hall–Kier alpha value is -3.88. The van der Waals surface area contributed by atoms with Gasteiger partial charge in [0.15, 0.2) is 5.60 Å². The summed E-state index contributed by atoms with van der Waals surface area (Å²) < 4.78 is 19.1. The molecule has 0 radical (unpaired) electrons. The van der Waals surface area contributed by atoms with Gasteiger partial charge in [-0.05, 0) is 108 Å². The van der Waals surface area contributed by atoms with Crippen LogP contribution >= 0.6 is 23.5 Å². The maximum atomic E-state index is 7.76. The highest BCUT2D eigenvalue weighted by Crippen LogP contribution is 2.61. The molecular weight excluding hydrogens is 693 g/mol. The number of thioether (sulfide) groups is 2. The van der Waals surface area contributed by atoms with Crippen molar-refractivity contribution in [2.75, 3.05) is 74.9 Å². The summed E-state index contributed by atoms with van der Waals surface area (Å²) in [7, 11) is 0. The second kappa shape index (κ2) is 14.1. The van der Waals surface area contributed by atoms with Gasteiger partial charge in [-0.2, -0.15) is 0 Å². The van der Waals surface area contributed by atoms with Gasteiger partial charge < -0.3 is 24.0 Å². The number of anilines is 2. The van der Waals surface area contributed by atoms with Crippen LogP contribution in [0.5, 0.6) is 5.75 Å². The van der Waals surface area contributed by atoms with Crippen molar-refractivity contribution in [3.8, 4) is 16.9 Å². The molecule has 7 heteroatoms. The first-order valence-corrected chi connectivity index (χ1v) is 21.6. The first-order valence-electron chi connectivity index (χ1n) is 19.2. The SMILES string of the molecule is CCC1(CC)c2cc(SC)ccc2-c2c1c1c(c3cc(SC)ccc23)OC(c2ccc(N3CCOCC3)cc2)(c2ccc(N3CCOCC3)cc2)C=C1. The number of nitrogens with zero attached hydrogens (tertiary/aromatic N) is 2. The Labute approximate surface area is 322 Å². The van der Waals surface area contributed by atoms with Gasteiger partial charge in [-0.3, -0.25) is 0 Å². The van der Waals surface area contributed by atoms with Gasteiger partial charge in [0.05, 0.1) is 26.4 Å². The summed E-state index contributed by atoms with van der Waals surface area (Å²) in [5.74, 6) is 0.982. The number of hydrogen-bond donors (Lipinski definition) is 0. The summed E-state index contributed by atoms with van der Waals surface area (Å²) in [6, 6.07) is 32.3. The van der Waals surface area contributed by atoms with E-state index in [1.807, 2.05) is 11.8 Å². The quantitative estimate of drug-likeness (QED) is 0.147. The van der Waals surface area contributed by atoms with E-state index in [0.29, 0.717) is 0 Å². The molecule has 53 heavy (non-hydrogen) atoms. The van der Waals surface area contributed by atoms with Gasteiger partial charge in [0.1, 0.15) is 5.75 Å². The smallest absolute Gasteiger partial charge is 0.178 e. The van der Waals surface area contributed by atoms with Gasteiger partial charge in [0.2, 0.25) is 0 Å². The van der Waals surface area contributed by atoms with Crippen LogP contribution in [0.3, 0.4) is 0 Å². The van der Waals surface area contributed by atoms with Crippen molar-refractivity contribution in [2.45, 2.75) is 47.5 Å². The van der Waals surface area contributed by atoms with Crippen LogP contribution in [0.2, 0.25) is 0 Å². The molecule has 0 unspecified atom stereocenters. The summed E-state index contributed by atoms with van der Waals surface area (Å²) in [5.41, 5.74) is 10.6. The lowest BCUT2D eigenvalue weighted by Crippen LogP contribution is -2.37. The predicted molar refractivity (Wildman–Crippen MR) is 224 cm³/mol. The highest BCUT2D eigenvalue weighted by Gasteiger charge is 2.47. The molecule has 0 atom stereocenters. The van der Waals surface area contributed by atoms with Crippen LogP contribution in [0.25, 0.3) is 28.0 Å². The standard InChI is InChI=1S/C46H48N2O3S2/c1-5-45(6-2)41-30-36(53-4)16-18-38(41)42-37-17-15-35(52-3)29-40(37)44-39(43(42)45)19-20-46(51-44,31-7-11-33(12-8-31)47-21-25-49-26-22-47)32-9-13-34(14-10-32)48-23-27-50-28-24-48/h7-20,29-30H,5-6,21-28H2,1-4H3. The van der Waals surface area contributed by atoms with E-state index in [2.05, 4.69) is 133 Å².